The third-order valence-electron chi connectivity index (χ3n) is 3.00. The normalized spacial score (nSPS) is 21.9. The number of benzene rings is 1. The molecule has 86 valence electrons. The number of carboxylic acid groups (broad SMARTS) is 1. The third kappa shape index (κ3) is 2.44. The zero-order valence-corrected chi connectivity index (χ0v) is 10.4. The molecule has 0 saturated carbocycles. The van der Waals surface area contributed by atoms with E-state index in [0.29, 0.717) is 0 Å². The summed E-state index contributed by atoms with van der Waals surface area (Å²) >= 11 is 3.35. The summed E-state index contributed by atoms with van der Waals surface area (Å²) in [5, 5.41) is 12.6. The molecule has 0 radical (unpaired) electrons. The maximum absolute atomic E-state index is 11.3. The lowest BCUT2D eigenvalue weighted by atomic mass is 9.91. The van der Waals surface area contributed by atoms with Crippen LogP contribution in [0.4, 0.5) is 0 Å². The van der Waals surface area contributed by atoms with Crippen molar-refractivity contribution in [2.75, 3.05) is 6.54 Å². The van der Waals surface area contributed by atoms with Gasteiger partial charge < -0.3 is 10.4 Å². The zero-order valence-electron chi connectivity index (χ0n) is 8.82. The van der Waals surface area contributed by atoms with E-state index >= 15 is 0 Å². The van der Waals surface area contributed by atoms with E-state index in [9.17, 15) is 9.90 Å². The highest BCUT2D eigenvalue weighted by Crippen LogP contribution is 2.26. The van der Waals surface area contributed by atoms with E-state index < -0.39 is 11.9 Å². The molecule has 0 amide bonds. The predicted octanol–water partition coefficient (Wildman–Crippen LogP) is 2.37. The van der Waals surface area contributed by atoms with Gasteiger partial charge in [-0.25, -0.2) is 0 Å². The van der Waals surface area contributed by atoms with Crippen LogP contribution in [0.15, 0.2) is 28.7 Å². The van der Waals surface area contributed by atoms with Crippen molar-refractivity contribution in [3.63, 3.8) is 0 Å². The Labute approximate surface area is 103 Å². The summed E-state index contributed by atoms with van der Waals surface area (Å²) in [6.07, 6.45) is 2.00. The Morgan fingerprint density at radius 2 is 2.12 bits per heavy atom. The van der Waals surface area contributed by atoms with Crippen molar-refractivity contribution in [3.8, 4) is 0 Å². The molecule has 1 aliphatic heterocycles. The van der Waals surface area contributed by atoms with Gasteiger partial charge in [0.1, 0.15) is 0 Å². The Hall–Kier alpha value is -0.870. The van der Waals surface area contributed by atoms with Gasteiger partial charge in [-0.1, -0.05) is 28.1 Å². The Morgan fingerprint density at radius 3 is 2.62 bits per heavy atom. The molecule has 4 heteroatoms. The van der Waals surface area contributed by atoms with Crippen LogP contribution in [-0.2, 0) is 4.79 Å². The zero-order chi connectivity index (χ0) is 11.5. The monoisotopic (exact) mass is 283 g/mol. The van der Waals surface area contributed by atoms with Crippen molar-refractivity contribution in [1.29, 1.82) is 0 Å². The van der Waals surface area contributed by atoms with Crippen LogP contribution in [0.3, 0.4) is 0 Å². The van der Waals surface area contributed by atoms with Crippen LogP contribution in [0.1, 0.15) is 24.3 Å². The summed E-state index contributed by atoms with van der Waals surface area (Å²) in [6, 6.07) is 7.60. The molecule has 0 bridgehead atoms. The minimum Gasteiger partial charge on any atom is -0.481 e. The van der Waals surface area contributed by atoms with Crippen molar-refractivity contribution < 1.29 is 9.90 Å². The lowest BCUT2D eigenvalue weighted by Crippen LogP contribution is -2.33. The van der Waals surface area contributed by atoms with Gasteiger partial charge in [-0.15, -0.1) is 0 Å². The molecule has 0 aliphatic carbocycles. The summed E-state index contributed by atoms with van der Waals surface area (Å²) in [5.41, 5.74) is 0.870. The van der Waals surface area contributed by atoms with Gasteiger partial charge in [0.2, 0.25) is 0 Å². The molecular formula is C12H14BrNO2. The van der Waals surface area contributed by atoms with E-state index in [-0.39, 0.29) is 6.04 Å². The van der Waals surface area contributed by atoms with E-state index in [2.05, 4.69) is 21.2 Å². The van der Waals surface area contributed by atoms with Crippen molar-refractivity contribution in [2.45, 2.75) is 24.8 Å². The van der Waals surface area contributed by atoms with E-state index in [4.69, 9.17) is 0 Å². The minimum atomic E-state index is -0.748. The van der Waals surface area contributed by atoms with Gasteiger partial charge >= 0.3 is 5.97 Å². The van der Waals surface area contributed by atoms with E-state index in [1.165, 1.54) is 0 Å². The van der Waals surface area contributed by atoms with Gasteiger partial charge in [0.25, 0.3) is 0 Å². The van der Waals surface area contributed by atoms with Gasteiger partial charge in [0, 0.05) is 10.5 Å². The molecule has 1 aliphatic rings. The van der Waals surface area contributed by atoms with Crippen LogP contribution in [0.5, 0.6) is 0 Å². The molecule has 1 heterocycles. The molecule has 1 fully saturated rings. The van der Waals surface area contributed by atoms with Crippen LogP contribution >= 0.6 is 15.9 Å². The molecule has 0 aromatic heterocycles. The first-order valence-electron chi connectivity index (χ1n) is 5.40. The predicted molar refractivity (Wildman–Crippen MR) is 65.5 cm³/mol. The minimum absolute atomic E-state index is 0.0682. The van der Waals surface area contributed by atoms with Gasteiger partial charge in [0.05, 0.1) is 5.92 Å². The summed E-state index contributed by atoms with van der Waals surface area (Å²) in [4.78, 5) is 11.3. The summed E-state index contributed by atoms with van der Waals surface area (Å²) in [7, 11) is 0. The number of hydrogen-bond donors (Lipinski definition) is 2. The smallest absolute Gasteiger partial charge is 0.312 e. The molecule has 2 rings (SSSR count). The SMILES string of the molecule is O=C(O)[C@H](c1ccc(Br)cc1)[C@@H]1CCCN1. The molecule has 1 saturated heterocycles. The second kappa shape index (κ2) is 4.97. The first-order valence-corrected chi connectivity index (χ1v) is 6.19. The number of nitrogens with one attached hydrogen (secondary N) is 1. The van der Waals surface area contributed by atoms with Gasteiger partial charge in [-0.3, -0.25) is 4.79 Å². The van der Waals surface area contributed by atoms with Crippen LogP contribution in [0, 0.1) is 0 Å². The topological polar surface area (TPSA) is 49.3 Å². The van der Waals surface area contributed by atoms with E-state index in [1.54, 1.807) is 0 Å². The lowest BCUT2D eigenvalue weighted by Gasteiger charge is -2.20. The maximum atomic E-state index is 11.3. The summed E-state index contributed by atoms with van der Waals surface area (Å²) in [5.74, 6) is -1.18. The first kappa shape index (κ1) is 11.6. The fourth-order valence-corrected chi connectivity index (χ4v) is 2.48. The van der Waals surface area contributed by atoms with Gasteiger partial charge in [-0.05, 0) is 37.1 Å². The largest absolute Gasteiger partial charge is 0.481 e. The van der Waals surface area contributed by atoms with Crippen LogP contribution in [0.25, 0.3) is 0 Å². The lowest BCUT2D eigenvalue weighted by molar-refractivity contribution is -0.139. The van der Waals surface area contributed by atoms with E-state index in [1.807, 2.05) is 24.3 Å². The highest BCUT2D eigenvalue weighted by atomic mass is 79.9. The Bertz CT molecular complexity index is 371. The average Bonchev–Trinajstić information content (AvgIpc) is 2.74. The Kier molecular flexibility index (Phi) is 3.61. The quantitative estimate of drug-likeness (QED) is 0.896. The highest BCUT2D eigenvalue weighted by molar-refractivity contribution is 9.10. The van der Waals surface area contributed by atoms with Crippen LogP contribution in [-0.4, -0.2) is 23.7 Å². The van der Waals surface area contributed by atoms with Crippen LogP contribution < -0.4 is 5.32 Å². The highest BCUT2D eigenvalue weighted by Gasteiger charge is 2.31. The molecule has 1 aromatic rings. The summed E-state index contributed by atoms with van der Waals surface area (Å²) in [6.45, 7) is 0.922. The van der Waals surface area contributed by atoms with Gasteiger partial charge in [-0.2, -0.15) is 0 Å². The fraction of sp³-hybridized carbons (Fsp3) is 0.417. The van der Waals surface area contributed by atoms with Crippen molar-refractivity contribution in [1.82, 2.24) is 5.32 Å². The van der Waals surface area contributed by atoms with Crippen molar-refractivity contribution in [3.05, 3.63) is 34.3 Å². The van der Waals surface area contributed by atoms with Crippen molar-refractivity contribution in [2.24, 2.45) is 0 Å². The fourth-order valence-electron chi connectivity index (χ4n) is 2.21. The molecule has 0 spiro atoms. The molecule has 0 unspecified atom stereocenters. The van der Waals surface area contributed by atoms with Crippen LogP contribution in [0.2, 0.25) is 0 Å². The Morgan fingerprint density at radius 1 is 1.44 bits per heavy atom. The number of halogens is 1. The van der Waals surface area contributed by atoms with Crippen molar-refractivity contribution >= 4 is 21.9 Å². The second-order valence-corrected chi connectivity index (χ2v) is 4.99. The molecule has 2 atom stereocenters. The summed E-state index contributed by atoms with van der Waals surface area (Å²) < 4.78 is 0.972. The first-order chi connectivity index (χ1) is 7.68. The molecule has 1 aromatic carbocycles. The van der Waals surface area contributed by atoms with E-state index in [0.717, 1.165) is 29.4 Å². The number of carboxylic acids is 1. The number of rotatable bonds is 3. The molecule has 16 heavy (non-hydrogen) atoms. The molecule has 3 nitrogen and oxygen atoms in total. The average molecular weight is 284 g/mol. The Balaban J connectivity index is 2.24. The molecular weight excluding hydrogens is 270 g/mol. The standard InChI is InChI=1S/C12H14BrNO2/c13-9-5-3-8(4-6-9)11(12(15)16)10-2-1-7-14-10/h3-6,10-11,14H,1-2,7H2,(H,15,16)/t10-,11+/m0/s1. The third-order valence-corrected chi connectivity index (χ3v) is 3.52. The van der Waals surface area contributed by atoms with Gasteiger partial charge in [0.15, 0.2) is 0 Å². The maximum Gasteiger partial charge on any atom is 0.312 e. The second-order valence-electron chi connectivity index (χ2n) is 4.07. The number of aliphatic carboxylic acids is 1. The number of carbonyl (C=O) groups is 1. The molecule has 2 N–H and O–H groups in total. The number of hydrogen-bond acceptors (Lipinski definition) is 2.